The number of hydrogen-bond acceptors (Lipinski definition) is 7. The second kappa shape index (κ2) is 7.38. The second-order valence-electron chi connectivity index (χ2n) is 8.86. The van der Waals surface area contributed by atoms with Gasteiger partial charge in [0.2, 0.25) is 0 Å². The molecule has 27 heavy (non-hydrogen) atoms. The van der Waals surface area contributed by atoms with Gasteiger partial charge in [-0.25, -0.2) is 0 Å². The molecule has 0 bridgehead atoms. The fourth-order valence-corrected chi connectivity index (χ4v) is 3.59. The van der Waals surface area contributed by atoms with Gasteiger partial charge in [0.1, 0.15) is 35.9 Å². The molecule has 0 amide bonds. The number of ether oxygens (including phenoxy) is 1. The predicted octanol–water partition coefficient (Wildman–Crippen LogP) is 2.54. The molecule has 0 fully saturated rings. The van der Waals surface area contributed by atoms with E-state index in [9.17, 15) is 29.4 Å². The van der Waals surface area contributed by atoms with Gasteiger partial charge < -0.3 is 14.9 Å². The molecular formula is C20H26O7. The van der Waals surface area contributed by atoms with E-state index in [4.69, 9.17) is 4.74 Å². The van der Waals surface area contributed by atoms with Crippen molar-refractivity contribution in [1.29, 1.82) is 0 Å². The number of Topliss-reactive ketones (excluding diaryl/α,β-unsaturated/α-hetero) is 4. The number of aliphatic hydroxyl groups is 2. The minimum atomic E-state index is -0.699. The molecule has 0 radical (unpaired) electrons. The lowest BCUT2D eigenvalue weighted by Crippen LogP contribution is -2.32. The zero-order chi connectivity index (χ0) is 20.6. The van der Waals surface area contributed by atoms with Gasteiger partial charge in [-0.15, -0.1) is 0 Å². The summed E-state index contributed by atoms with van der Waals surface area (Å²) in [6.07, 6.45) is 0.706. The summed E-state index contributed by atoms with van der Waals surface area (Å²) < 4.78 is 5.07. The number of ketones is 4. The number of carbonyl (C=O) groups is 4. The minimum Gasteiger partial charge on any atom is -0.511 e. The van der Waals surface area contributed by atoms with E-state index in [-0.39, 0.29) is 48.3 Å². The third-order valence-corrected chi connectivity index (χ3v) is 4.73. The lowest BCUT2D eigenvalue weighted by molar-refractivity contribution is -0.128. The van der Waals surface area contributed by atoms with Gasteiger partial charge in [0.15, 0.2) is 23.1 Å². The largest absolute Gasteiger partial charge is 0.511 e. The van der Waals surface area contributed by atoms with Crippen molar-refractivity contribution in [2.45, 2.75) is 53.4 Å². The van der Waals surface area contributed by atoms with Gasteiger partial charge in [-0.2, -0.15) is 0 Å². The summed E-state index contributed by atoms with van der Waals surface area (Å²) in [4.78, 5) is 48.6. The molecule has 148 valence electrons. The summed E-state index contributed by atoms with van der Waals surface area (Å²) in [5.74, 6) is -2.82. The van der Waals surface area contributed by atoms with Crippen molar-refractivity contribution in [3.63, 3.8) is 0 Å². The van der Waals surface area contributed by atoms with Crippen LogP contribution in [0.4, 0.5) is 0 Å². The Balaban J connectivity index is 1.98. The fourth-order valence-electron chi connectivity index (χ4n) is 3.59. The van der Waals surface area contributed by atoms with E-state index < -0.39 is 47.2 Å². The smallest absolute Gasteiger partial charge is 0.195 e. The van der Waals surface area contributed by atoms with Crippen molar-refractivity contribution < 1.29 is 34.1 Å². The molecule has 2 aliphatic carbocycles. The van der Waals surface area contributed by atoms with Crippen molar-refractivity contribution in [1.82, 2.24) is 0 Å². The molecule has 0 atom stereocenters. The maximum Gasteiger partial charge on any atom is 0.195 e. The molecule has 0 aromatic heterocycles. The van der Waals surface area contributed by atoms with Gasteiger partial charge in [-0.1, -0.05) is 27.7 Å². The lowest BCUT2D eigenvalue weighted by atomic mass is 9.75. The Hall–Kier alpha value is -2.28. The van der Waals surface area contributed by atoms with E-state index in [0.29, 0.717) is 0 Å². The molecule has 7 heteroatoms. The summed E-state index contributed by atoms with van der Waals surface area (Å²) in [6, 6.07) is 0. The van der Waals surface area contributed by atoms with E-state index in [1.165, 1.54) is 0 Å². The van der Waals surface area contributed by atoms with Gasteiger partial charge in [0.05, 0.1) is 0 Å². The maximum absolute atomic E-state index is 12.2. The van der Waals surface area contributed by atoms with Crippen molar-refractivity contribution in [3.05, 3.63) is 22.7 Å². The van der Waals surface area contributed by atoms with Crippen LogP contribution < -0.4 is 0 Å². The van der Waals surface area contributed by atoms with Crippen molar-refractivity contribution in [3.8, 4) is 0 Å². The van der Waals surface area contributed by atoms with Gasteiger partial charge in [0, 0.05) is 25.7 Å². The number of aliphatic hydroxyl groups excluding tert-OH is 2. The Labute approximate surface area is 158 Å². The second-order valence-corrected chi connectivity index (χ2v) is 8.86. The highest BCUT2D eigenvalue weighted by Crippen LogP contribution is 2.37. The minimum absolute atomic E-state index is 0.141. The number of hydrogen-bond donors (Lipinski definition) is 2. The van der Waals surface area contributed by atoms with E-state index in [1.54, 1.807) is 0 Å². The molecule has 7 nitrogen and oxygen atoms in total. The van der Waals surface area contributed by atoms with Crippen LogP contribution in [0.5, 0.6) is 0 Å². The first-order valence-corrected chi connectivity index (χ1v) is 8.88. The molecule has 0 heterocycles. The van der Waals surface area contributed by atoms with Crippen LogP contribution in [-0.2, 0) is 23.9 Å². The molecule has 0 aromatic rings. The fraction of sp³-hybridized carbons (Fsp3) is 0.600. The molecule has 2 aliphatic rings. The Morgan fingerprint density at radius 1 is 0.778 bits per heavy atom. The third kappa shape index (κ3) is 4.91. The van der Waals surface area contributed by atoms with Crippen LogP contribution in [-0.4, -0.2) is 46.6 Å². The number of allylic oxidation sites excluding steroid dienone is 2. The van der Waals surface area contributed by atoms with E-state index >= 15 is 0 Å². The molecule has 2 rings (SSSR count). The van der Waals surface area contributed by atoms with E-state index in [0.717, 1.165) is 0 Å². The number of carbonyl (C=O) groups excluding carboxylic acids is 4. The van der Waals surface area contributed by atoms with Gasteiger partial charge in [-0.3, -0.25) is 19.2 Å². The normalized spacial score (nSPS) is 22.2. The topological polar surface area (TPSA) is 118 Å². The summed E-state index contributed by atoms with van der Waals surface area (Å²) in [5, 5.41) is 20.0. The van der Waals surface area contributed by atoms with E-state index in [2.05, 4.69) is 0 Å². The van der Waals surface area contributed by atoms with Crippen LogP contribution in [0.2, 0.25) is 0 Å². The predicted molar refractivity (Wildman–Crippen MR) is 96.2 cm³/mol. The molecular weight excluding hydrogens is 352 g/mol. The highest BCUT2D eigenvalue weighted by Gasteiger charge is 2.37. The molecule has 2 N–H and O–H groups in total. The first kappa shape index (κ1) is 21.0. The van der Waals surface area contributed by atoms with Crippen LogP contribution in [0.25, 0.3) is 0 Å². The standard InChI is InChI=1S/C20H26O7/c1-19(2)5-11(21)17(12(22)6-19)15(25)9-27-10-16(26)18-13(23)7-20(3,4)8-14(18)24/h21,23H,5-10H2,1-4H3. The van der Waals surface area contributed by atoms with Crippen LogP contribution in [0.1, 0.15) is 53.4 Å². The zero-order valence-corrected chi connectivity index (χ0v) is 16.2. The van der Waals surface area contributed by atoms with Gasteiger partial charge in [-0.05, 0) is 10.8 Å². The average Bonchev–Trinajstić information content (AvgIpc) is 2.42. The van der Waals surface area contributed by atoms with Gasteiger partial charge in [0.25, 0.3) is 0 Å². The zero-order valence-electron chi connectivity index (χ0n) is 16.2. The Bertz CT molecular complexity index is 701. The Kier molecular flexibility index (Phi) is 5.75. The summed E-state index contributed by atoms with van der Waals surface area (Å²) in [7, 11) is 0. The van der Waals surface area contributed by atoms with Crippen molar-refractivity contribution in [2.24, 2.45) is 10.8 Å². The molecule has 0 aliphatic heterocycles. The van der Waals surface area contributed by atoms with Crippen LogP contribution >= 0.6 is 0 Å². The number of rotatable bonds is 6. The van der Waals surface area contributed by atoms with Crippen LogP contribution in [0, 0.1) is 10.8 Å². The summed E-state index contributed by atoms with van der Waals surface area (Å²) in [5.41, 5.74) is -1.39. The third-order valence-electron chi connectivity index (χ3n) is 4.73. The first-order valence-electron chi connectivity index (χ1n) is 8.88. The van der Waals surface area contributed by atoms with Crippen molar-refractivity contribution in [2.75, 3.05) is 13.2 Å². The molecule has 0 aromatic carbocycles. The average molecular weight is 378 g/mol. The highest BCUT2D eigenvalue weighted by atomic mass is 16.5. The molecule has 0 unspecified atom stereocenters. The van der Waals surface area contributed by atoms with Crippen LogP contribution in [0.15, 0.2) is 22.7 Å². The molecule has 0 spiro atoms. The monoisotopic (exact) mass is 378 g/mol. The van der Waals surface area contributed by atoms with Crippen LogP contribution in [0.3, 0.4) is 0 Å². The summed E-state index contributed by atoms with van der Waals surface area (Å²) >= 11 is 0. The SMILES string of the molecule is CC1(C)CC(=O)C(C(=O)COCC(=O)C2=C(O)CC(C)(C)CC2=O)=C(O)C1. The quantitative estimate of drug-likeness (QED) is 0.682. The summed E-state index contributed by atoms with van der Waals surface area (Å²) in [6.45, 7) is 6.15. The van der Waals surface area contributed by atoms with E-state index in [1.807, 2.05) is 27.7 Å². The maximum atomic E-state index is 12.2. The molecule has 0 saturated carbocycles. The van der Waals surface area contributed by atoms with Gasteiger partial charge >= 0.3 is 0 Å². The lowest BCUT2D eigenvalue weighted by Gasteiger charge is -2.29. The van der Waals surface area contributed by atoms with Crippen molar-refractivity contribution >= 4 is 23.1 Å². The Morgan fingerprint density at radius 3 is 1.41 bits per heavy atom. The Morgan fingerprint density at radius 2 is 1.11 bits per heavy atom. The first-order chi connectivity index (χ1) is 12.3. The highest BCUT2D eigenvalue weighted by molar-refractivity contribution is 6.22. The molecule has 0 saturated heterocycles.